The lowest BCUT2D eigenvalue weighted by Crippen LogP contribution is -2.10. The first-order chi connectivity index (χ1) is 9.06. The standard InChI is InChI=1S/C15H18BrNO2/c1-10(2)18-14-7-5-4-6-12(14)17-11(3)13-8-9-15(16)19-13/h4-11,17H,1-3H3. The molecule has 0 saturated heterocycles. The molecule has 1 heterocycles. The molecule has 0 aliphatic carbocycles. The van der Waals surface area contributed by atoms with E-state index in [4.69, 9.17) is 9.15 Å². The molecule has 0 aliphatic rings. The van der Waals surface area contributed by atoms with Crippen LogP contribution in [0.25, 0.3) is 0 Å². The molecule has 3 nitrogen and oxygen atoms in total. The zero-order valence-corrected chi connectivity index (χ0v) is 12.9. The summed E-state index contributed by atoms with van der Waals surface area (Å²) in [5, 5.41) is 3.41. The van der Waals surface area contributed by atoms with Crippen LogP contribution in [0.5, 0.6) is 5.75 Å². The van der Waals surface area contributed by atoms with E-state index in [9.17, 15) is 0 Å². The van der Waals surface area contributed by atoms with Crippen molar-refractivity contribution in [3.05, 3.63) is 46.8 Å². The van der Waals surface area contributed by atoms with E-state index in [1.807, 2.05) is 50.2 Å². The number of nitrogens with one attached hydrogen (secondary N) is 1. The molecule has 1 aromatic heterocycles. The second-order valence-corrected chi connectivity index (χ2v) is 5.45. The molecule has 0 bridgehead atoms. The summed E-state index contributed by atoms with van der Waals surface area (Å²) < 4.78 is 12.1. The van der Waals surface area contributed by atoms with Gasteiger partial charge in [-0.1, -0.05) is 12.1 Å². The highest BCUT2D eigenvalue weighted by atomic mass is 79.9. The summed E-state index contributed by atoms with van der Waals surface area (Å²) in [6.45, 7) is 6.09. The Hall–Kier alpha value is -1.42. The maximum absolute atomic E-state index is 5.78. The Morgan fingerprint density at radius 2 is 1.84 bits per heavy atom. The lowest BCUT2D eigenvalue weighted by molar-refractivity contribution is 0.243. The highest BCUT2D eigenvalue weighted by Crippen LogP contribution is 2.30. The summed E-state index contributed by atoms with van der Waals surface area (Å²) in [7, 11) is 0. The molecule has 4 heteroatoms. The smallest absolute Gasteiger partial charge is 0.169 e. The molecule has 1 N–H and O–H groups in total. The average Bonchev–Trinajstić information content (AvgIpc) is 2.78. The number of hydrogen-bond acceptors (Lipinski definition) is 3. The van der Waals surface area contributed by atoms with Crippen LogP contribution in [-0.4, -0.2) is 6.10 Å². The maximum atomic E-state index is 5.78. The van der Waals surface area contributed by atoms with Crippen molar-refractivity contribution in [1.82, 2.24) is 0 Å². The molecule has 19 heavy (non-hydrogen) atoms. The van der Waals surface area contributed by atoms with Crippen molar-refractivity contribution in [2.45, 2.75) is 32.9 Å². The SMILES string of the molecule is CC(C)Oc1ccccc1NC(C)c1ccc(Br)o1. The molecule has 0 spiro atoms. The lowest BCUT2D eigenvalue weighted by Gasteiger charge is -2.18. The van der Waals surface area contributed by atoms with E-state index in [2.05, 4.69) is 28.2 Å². The fraction of sp³-hybridized carbons (Fsp3) is 0.333. The van der Waals surface area contributed by atoms with Crippen LogP contribution < -0.4 is 10.1 Å². The first kappa shape index (κ1) is 14.0. The van der Waals surface area contributed by atoms with Gasteiger partial charge in [-0.3, -0.25) is 0 Å². The number of benzene rings is 1. The second-order valence-electron chi connectivity index (χ2n) is 4.67. The Morgan fingerprint density at radius 1 is 1.11 bits per heavy atom. The Morgan fingerprint density at radius 3 is 2.47 bits per heavy atom. The van der Waals surface area contributed by atoms with Gasteiger partial charge in [0, 0.05) is 0 Å². The first-order valence-corrected chi connectivity index (χ1v) is 7.13. The molecule has 2 rings (SSSR count). The van der Waals surface area contributed by atoms with Gasteiger partial charge in [0.25, 0.3) is 0 Å². The molecule has 0 fully saturated rings. The molecular formula is C15H18BrNO2. The number of rotatable bonds is 5. The molecule has 0 saturated carbocycles. The summed E-state index contributed by atoms with van der Waals surface area (Å²) >= 11 is 3.31. The maximum Gasteiger partial charge on any atom is 0.169 e. The predicted molar refractivity (Wildman–Crippen MR) is 80.7 cm³/mol. The number of para-hydroxylation sites is 2. The molecule has 0 aliphatic heterocycles. The van der Waals surface area contributed by atoms with Gasteiger partial charge in [-0.25, -0.2) is 0 Å². The Kier molecular flexibility index (Phi) is 4.53. The largest absolute Gasteiger partial charge is 0.489 e. The predicted octanol–water partition coefficient (Wildman–Crippen LogP) is 5.00. The normalized spacial score (nSPS) is 12.5. The van der Waals surface area contributed by atoms with Crippen molar-refractivity contribution in [2.24, 2.45) is 0 Å². The van der Waals surface area contributed by atoms with E-state index in [0.29, 0.717) is 0 Å². The van der Waals surface area contributed by atoms with Gasteiger partial charge in [0.2, 0.25) is 0 Å². The van der Waals surface area contributed by atoms with E-state index in [1.165, 1.54) is 0 Å². The Balaban J connectivity index is 2.14. The summed E-state index contributed by atoms with van der Waals surface area (Å²) in [5.74, 6) is 1.74. The summed E-state index contributed by atoms with van der Waals surface area (Å²) in [5.41, 5.74) is 0.969. The minimum atomic E-state index is 0.0724. The molecule has 1 aromatic carbocycles. The van der Waals surface area contributed by atoms with E-state index >= 15 is 0 Å². The fourth-order valence-corrected chi connectivity index (χ4v) is 2.13. The fourth-order valence-electron chi connectivity index (χ4n) is 1.81. The number of ether oxygens (including phenoxy) is 1. The van der Waals surface area contributed by atoms with Gasteiger partial charge in [0.1, 0.15) is 11.5 Å². The number of hydrogen-bond donors (Lipinski definition) is 1. The molecule has 2 aromatic rings. The van der Waals surface area contributed by atoms with Gasteiger partial charge in [-0.2, -0.15) is 0 Å². The van der Waals surface area contributed by atoms with Crippen molar-refractivity contribution in [3.63, 3.8) is 0 Å². The van der Waals surface area contributed by atoms with Gasteiger partial charge in [-0.15, -0.1) is 0 Å². The summed E-state index contributed by atoms with van der Waals surface area (Å²) in [6, 6.07) is 11.8. The lowest BCUT2D eigenvalue weighted by atomic mass is 10.2. The van der Waals surface area contributed by atoms with Gasteiger partial charge in [0.05, 0.1) is 17.8 Å². The van der Waals surface area contributed by atoms with Crippen molar-refractivity contribution in [3.8, 4) is 5.75 Å². The van der Waals surface area contributed by atoms with Crippen LogP contribution in [0.4, 0.5) is 5.69 Å². The quantitative estimate of drug-likeness (QED) is 0.840. The first-order valence-electron chi connectivity index (χ1n) is 6.33. The van der Waals surface area contributed by atoms with Gasteiger partial charge >= 0.3 is 0 Å². The van der Waals surface area contributed by atoms with Crippen LogP contribution in [0, 0.1) is 0 Å². The molecule has 1 unspecified atom stereocenters. The van der Waals surface area contributed by atoms with E-state index in [-0.39, 0.29) is 12.1 Å². The second kappa shape index (κ2) is 6.15. The highest BCUT2D eigenvalue weighted by Gasteiger charge is 2.12. The number of anilines is 1. The van der Waals surface area contributed by atoms with Gasteiger partial charge in [0.15, 0.2) is 4.67 Å². The van der Waals surface area contributed by atoms with Crippen LogP contribution in [0.2, 0.25) is 0 Å². The Labute approximate surface area is 122 Å². The summed E-state index contributed by atoms with van der Waals surface area (Å²) in [4.78, 5) is 0. The number of furan rings is 1. The van der Waals surface area contributed by atoms with E-state index < -0.39 is 0 Å². The zero-order valence-electron chi connectivity index (χ0n) is 11.3. The highest BCUT2D eigenvalue weighted by molar-refractivity contribution is 9.10. The van der Waals surface area contributed by atoms with Crippen molar-refractivity contribution in [2.75, 3.05) is 5.32 Å². The van der Waals surface area contributed by atoms with Gasteiger partial charge in [-0.05, 0) is 61.0 Å². The molecule has 1 atom stereocenters. The van der Waals surface area contributed by atoms with Crippen LogP contribution in [-0.2, 0) is 0 Å². The third kappa shape index (κ3) is 3.77. The Bertz CT molecular complexity index is 536. The van der Waals surface area contributed by atoms with Gasteiger partial charge < -0.3 is 14.5 Å². The monoisotopic (exact) mass is 323 g/mol. The van der Waals surface area contributed by atoms with Crippen LogP contribution >= 0.6 is 15.9 Å². The topological polar surface area (TPSA) is 34.4 Å². The molecule has 0 radical (unpaired) electrons. The van der Waals surface area contributed by atoms with Crippen LogP contribution in [0.3, 0.4) is 0 Å². The minimum Gasteiger partial charge on any atom is -0.489 e. The zero-order chi connectivity index (χ0) is 13.8. The average molecular weight is 324 g/mol. The third-order valence-corrected chi connectivity index (χ3v) is 3.07. The van der Waals surface area contributed by atoms with Crippen molar-refractivity contribution in [1.29, 1.82) is 0 Å². The van der Waals surface area contributed by atoms with E-state index in [0.717, 1.165) is 21.9 Å². The molecule has 0 amide bonds. The third-order valence-electron chi connectivity index (χ3n) is 2.64. The molecular weight excluding hydrogens is 306 g/mol. The summed E-state index contributed by atoms with van der Waals surface area (Å²) in [6.07, 6.45) is 0.149. The molecule has 102 valence electrons. The van der Waals surface area contributed by atoms with Crippen LogP contribution in [0.15, 0.2) is 45.5 Å². The number of halogens is 1. The van der Waals surface area contributed by atoms with Crippen molar-refractivity contribution >= 4 is 21.6 Å². The minimum absolute atomic E-state index is 0.0724. The van der Waals surface area contributed by atoms with Crippen LogP contribution in [0.1, 0.15) is 32.6 Å². The van der Waals surface area contributed by atoms with Crippen molar-refractivity contribution < 1.29 is 9.15 Å². The van der Waals surface area contributed by atoms with E-state index in [1.54, 1.807) is 0 Å².